The number of rotatable bonds is 5. The molecule has 0 atom stereocenters. The number of carbonyl (C=O) groups is 1. The van der Waals surface area contributed by atoms with Gasteiger partial charge in [-0.15, -0.1) is 10.2 Å². The predicted molar refractivity (Wildman–Crippen MR) is 106 cm³/mol. The van der Waals surface area contributed by atoms with Crippen molar-refractivity contribution in [3.63, 3.8) is 0 Å². The number of hydrogen-bond donors (Lipinski definition) is 1. The summed E-state index contributed by atoms with van der Waals surface area (Å²) in [7, 11) is 1.90. The van der Waals surface area contributed by atoms with Gasteiger partial charge in [-0.05, 0) is 43.7 Å². The number of thioether (sulfide) groups is 1. The molecule has 26 heavy (non-hydrogen) atoms. The molecule has 8 heteroatoms. The van der Waals surface area contributed by atoms with Crippen LogP contribution in [0.3, 0.4) is 0 Å². The van der Waals surface area contributed by atoms with Crippen LogP contribution in [0.25, 0.3) is 11.4 Å². The van der Waals surface area contributed by atoms with Crippen molar-refractivity contribution in [2.24, 2.45) is 5.92 Å². The van der Waals surface area contributed by atoms with Gasteiger partial charge in [0.05, 0.1) is 5.75 Å². The lowest BCUT2D eigenvalue weighted by molar-refractivity contribution is -0.129. The smallest absolute Gasteiger partial charge is 0.233 e. The molecule has 1 aliphatic carbocycles. The normalized spacial score (nSPS) is 20.1. The highest BCUT2D eigenvalue weighted by atomic mass is 35.5. The molecule has 0 saturated heterocycles. The third kappa shape index (κ3) is 4.32. The minimum Gasteiger partial charge on any atom is -0.342 e. The molecule has 2 aromatic rings. The molecule has 1 saturated carbocycles. The second kappa shape index (κ2) is 8.31. The van der Waals surface area contributed by atoms with E-state index >= 15 is 0 Å². The van der Waals surface area contributed by atoms with Gasteiger partial charge >= 0.3 is 0 Å². The van der Waals surface area contributed by atoms with Gasteiger partial charge in [-0.25, -0.2) is 4.68 Å². The predicted octanol–water partition coefficient (Wildman–Crippen LogP) is 3.44. The molecule has 1 aromatic heterocycles. The van der Waals surface area contributed by atoms with Gasteiger partial charge in [-0.3, -0.25) is 4.79 Å². The van der Waals surface area contributed by atoms with Gasteiger partial charge in [0.1, 0.15) is 0 Å². The van der Waals surface area contributed by atoms with E-state index in [0.29, 0.717) is 27.8 Å². The summed E-state index contributed by atoms with van der Waals surface area (Å²) in [6.45, 7) is 2.28. The second-order valence-corrected chi connectivity index (χ2v) is 8.27. The Balaban J connectivity index is 1.60. The van der Waals surface area contributed by atoms with Crippen molar-refractivity contribution in [2.75, 3.05) is 18.6 Å². The Morgan fingerprint density at radius 2 is 2.08 bits per heavy atom. The maximum Gasteiger partial charge on any atom is 0.233 e. The molecule has 1 heterocycles. The summed E-state index contributed by atoms with van der Waals surface area (Å²) in [5.41, 5.74) is 0.791. The maximum atomic E-state index is 12.5. The van der Waals surface area contributed by atoms with Gasteiger partial charge in [0.15, 0.2) is 5.82 Å². The summed E-state index contributed by atoms with van der Waals surface area (Å²) in [4.78, 5) is 14.4. The lowest BCUT2D eigenvalue weighted by Crippen LogP contribution is -2.40. The maximum absolute atomic E-state index is 12.5. The van der Waals surface area contributed by atoms with Gasteiger partial charge in [0.25, 0.3) is 0 Å². The zero-order chi connectivity index (χ0) is 18.7. The van der Waals surface area contributed by atoms with Crippen LogP contribution in [-0.4, -0.2) is 44.5 Å². The highest BCUT2D eigenvalue weighted by molar-refractivity contribution is 7.99. The fraction of sp³-hybridized carbons (Fsp3) is 0.500. The number of benzene rings is 1. The van der Waals surface area contributed by atoms with E-state index in [4.69, 9.17) is 17.4 Å². The van der Waals surface area contributed by atoms with Crippen LogP contribution in [0.1, 0.15) is 32.6 Å². The average Bonchev–Trinajstić information content (AvgIpc) is 3.00. The number of nitrogen functional groups attached to an aromatic ring is 1. The fourth-order valence-electron chi connectivity index (χ4n) is 3.26. The van der Waals surface area contributed by atoms with Crippen molar-refractivity contribution in [2.45, 2.75) is 43.8 Å². The van der Waals surface area contributed by atoms with E-state index in [-0.39, 0.29) is 5.91 Å². The Labute approximate surface area is 163 Å². The number of carbonyl (C=O) groups excluding carboxylic acids is 1. The molecule has 140 valence electrons. The molecular weight excluding hydrogens is 370 g/mol. The summed E-state index contributed by atoms with van der Waals surface area (Å²) in [5.74, 6) is 7.80. The lowest BCUT2D eigenvalue weighted by Gasteiger charge is -2.33. The molecule has 0 aliphatic heterocycles. The van der Waals surface area contributed by atoms with Crippen molar-refractivity contribution in [3.8, 4) is 11.4 Å². The fourth-order valence-corrected chi connectivity index (χ4v) is 4.23. The Bertz CT molecular complexity index is 773. The quantitative estimate of drug-likeness (QED) is 0.621. The first-order valence-corrected chi connectivity index (χ1v) is 10.2. The van der Waals surface area contributed by atoms with Gasteiger partial charge < -0.3 is 10.7 Å². The van der Waals surface area contributed by atoms with Gasteiger partial charge in [0.2, 0.25) is 11.1 Å². The van der Waals surface area contributed by atoms with E-state index < -0.39 is 0 Å². The monoisotopic (exact) mass is 393 g/mol. The van der Waals surface area contributed by atoms with Crippen LogP contribution in [0.5, 0.6) is 0 Å². The molecule has 0 radical (unpaired) electrons. The summed E-state index contributed by atoms with van der Waals surface area (Å²) in [6, 6.07) is 7.63. The topological polar surface area (TPSA) is 77.0 Å². The molecule has 3 rings (SSSR count). The van der Waals surface area contributed by atoms with Crippen LogP contribution < -0.4 is 5.84 Å². The van der Waals surface area contributed by atoms with E-state index in [1.165, 1.54) is 29.3 Å². The van der Waals surface area contributed by atoms with Crippen molar-refractivity contribution < 1.29 is 4.79 Å². The summed E-state index contributed by atoms with van der Waals surface area (Å²) in [6.07, 6.45) is 4.55. The summed E-state index contributed by atoms with van der Waals surface area (Å²) >= 11 is 7.33. The Morgan fingerprint density at radius 1 is 1.35 bits per heavy atom. The average molecular weight is 394 g/mol. The van der Waals surface area contributed by atoms with Crippen molar-refractivity contribution in [1.82, 2.24) is 19.8 Å². The van der Waals surface area contributed by atoms with E-state index in [1.54, 1.807) is 12.1 Å². The first-order chi connectivity index (χ1) is 12.5. The highest BCUT2D eigenvalue weighted by Crippen LogP contribution is 2.28. The van der Waals surface area contributed by atoms with Crippen LogP contribution in [0.4, 0.5) is 0 Å². The Kier molecular flexibility index (Phi) is 6.09. The molecule has 1 amide bonds. The zero-order valence-electron chi connectivity index (χ0n) is 15.1. The Hall–Kier alpha value is -1.73. The van der Waals surface area contributed by atoms with E-state index in [2.05, 4.69) is 17.1 Å². The third-order valence-corrected chi connectivity index (χ3v) is 6.16. The zero-order valence-corrected chi connectivity index (χ0v) is 16.6. The SMILES string of the molecule is CC1CCC(N(C)C(=O)CSc2nnc(-c3cccc(Cl)c3)n2N)CC1. The summed E-state index contributed by atoms with van der Waals surface area (Å²) in [5, 5.41) is 9.37. The van der Waals surface area contributed by atoms with Crippen molar-refractivity contribution >= 4 is 29.3 Å². The molecule has 1 fully saturated rings. The van der Waals surface area contributed by atoms with Crippen LogP contribution in [0.2, 0.25) is 5.02 Å². The molecule has 0 bridgehead atoms. The number of amides is 1. The number of hydrogen-bond acceptors (Lipinski definition) is 5. The molecule has 6 nitrogen and oxygen atoms in total. The van der Waals surface area contributed by atoms with Gasteiger partial charge in [-0.2, -0.15) is 0 Å². The first-order valence-electron chi connectivity index (χ1n) is 8.80. The van der Waals surface area contributed by atoms with Crippen molar-refractivity contribution in [1.29, 1.82) is 0 Å². The van der Waals surface area contributed by atoms with Crippen LogP contribution in [0, 0.1) is 5.92 Å². The standard InChI is InChI=1S/C18H24ClN5OS/c1-12-6-8-15(9-7-12)23(2)16(25)11-26-18-22-21-17(24(18)20)13-4-3-5-14(19)10-13/h3-5,10,12,15H,6-9,11,20H2,1-2H3. The minimum absolute atomic E-state index is 0.0989. The molecule has 1 aliphatic rings. The highest BCUT2D eigenvalue weighted by Gasteiger charge is 2.25. The molecule has 0 unspecified atom stereocenters. The molecular formula is C18H24ClN5OS. The molecule has 0 spiro atoms. The number of nitrogens with zero attached hydrogens (tertiary/aromatic N) is 4. The number of halogens is 1. The van der Waals surface area contributed by atoms with Crippen LogP contribution in [0.15, 0.2) is 29.4 Å². The van der Waals surface area contributed by atoms with Crippen molar-refractivity contribution in [3.05, 3.63) is 29.3 Å². The minimum atomic E-state index is 0.0989. The van der Waals surface area contributed by atoms with Gasteiger partial charge in [-0.1, -0.05) is 42.4 Å². The summed E-state index contributed by atoms with van der Waals surface area (Å²) < 4.78 is 1.41. The van der Waals surface area contributed by atoms with E-state index in [9.17, 15) is 4.79 Å². The second-order valence-electron chi connectivity index (χ2n) is 6.89. The third-order valence-electron chi connectivity index (χ3n) is 5.00. The Morgan fingerprint density at radius 3 is 2.77 bits per heavy atom. The van der Waals surface area contributed by atoms with E-state index in [0.717, 1.165) is 24.3 Å². The van der Waals surface area contributed by atoms with Crippen LogP contribution >= 0.6 is 23.4 Å². The first kappa shape index (κ1) is 19.0. The van der Waals surface area contributed by atoms with Crippen LogP contribution in [-0.2, 0) is 4.79 Å². The largest absolute Gasteiger partial charge is 0.342 e. The number of aromatic nitrogens is 3. The number of nitrogens with two attached hydrogens (primary N) is 1. The molecule has 2 N–H and O–H groups in total. The lowest BCUT2D eigenvalue weighted by atomic mass is 9.87. The van der Waals surface area contributed by atoms with E-state index in [1.807, 2.05) is 24.1 Å². The van der Waals surface area contributed by atoms with Gasteiger partial charge in [0, 0.05) is 23.7 Å². The molecule has 1 aromatic carbocycles.